The van der Waals surface area contributed by atoms with Crippen molar-refractivity contribution in [2.24, 2.45) is 7.05 Å². The quantitative estimate of drug-likeness (QED) is 0.783. The van der Waals surface area contributed by atoms with Gasteiger partial charge in [0.2, 0.25) is 5.91 Å². The van der Waals surface area contributed by atoms with Crippen LogP contribution in [0.15, 0.2) is 36.7 Å². The maximum absolute atomic E-state index is 13.4. The molecule has 2 aromatic rings. The molecule has 0 spiro atoms. The van der Waals surface area contributed by atoms with E-state index in [0.717, 1.165) is 57.0 Å². The number of benzene rings is 1. The number of carbonyl (C=O) groups is 2. The van der Waals surface area contributed by atoms with Crippen LogP contribution >= 0.6 is 0 Å². The highest BCUT2D eigenvalue weighted by molar-refractivity contribution is 5.95. The first kappa shape index (κ1) is 19.2. The van der Waals surface area contributed by atoms with Gasteiger partial charge in [-0.1, -0.05) is 18.2 Å². The third-order valence-corrected chi connectivity index (χ3v) is 6.90. The average molecular weight is 408 g/mol. The predicted molar refractivity (Wildman–Crippen MR) is 114 cm³/mol. The summed E-state index contributed by atoms with van der Waals surface area (Å²) in [7, 11) is 2.01. The van der Waals surface area contributed by atoms with Gasteiger partial charge in [0.25, 0.3) is 0 Å². The van der Waals surface area contributed by atoms with E-state index in [1.807, 2.05) is 46.3 Å². The number of rotatable bonds is 4. The highest BCUT2D eigenvalue weighted by Crippen LogP contribution is 2.39. The van der Waals surface area contributed by atoms with Gasteiger partial charge in [0, 0.05) is 76.1 Å². The highest BCUT2D eigenvalue weighted by Gasteiger charge is 2.38. The van der Waals surface area contributed by atoms with Crippen LogP contribution in [0.4, 0.5) is 10.5 Å². The number of amides is 3. The lowest BCUT2D eigenvalue weighted by atomic mass is 9.98. The molecule has 0 aliphatic carbocycles. The lowest BCUT2D eigenvalue weighted by Crippen LogP contribution is -2.41. The van der Waals surface area contributed by atoms with Crippen LogP contribution in [0.25, 0.3) is 0 Å². The van der Waals surface area contributed by atoms with Crippen LogP contribution in [-0.2, 0) is 11.8 Å². The maximum Gasteiger partial charge on any atom is 0.324 e. The third kappa shape index (κ3) is 3.36. The second-order valence-corrected chi connectivity index (χ2v) is 8.75. The van der Waals surface area contributed by atoms with Crippen molar-refractivity contribution in [3.05, 3.63) is 48.0 Å². The van der Waals surface area contributed by atoms with Gasteiger partial charge in [0.15, 0.2) is 0 Å². The summed E-state index contributed by atoms with van der Waals surface area (Å²) in [4.78, 5) is 35.8. The van der Waals surface area contributed by atoms with E-state index >= 15 is 0 Å². The molecule has 3 aliphatic heterocycles. The SMILES string of the molecule is Cn1ccnc1C1CCN(C(=O)N2CC(CCN3CCCC3=O)c3ccccc32)C1. The summed E-state index contributed by atoms with van der Waals surface area (Å²) < 4.78 is 2.06. The molecule has 5 rings (SSSR count). The molecule has 3 amide bonds. The van der Waals surface area contributed by atoms with Gasteiger partial charge in [0.05, 0.1) is 0 Å². The number of hydrogen-bond acceptors (Lipinski definition) is 3. The first-order valence-corrected chi connectivity index (χ1v) is 11.0. The zero-order valence-corrected chi connectivity index (χ0v) is 17.5. The molecule has 0 N–H and O–H groups in total. The first-order valence-electron chi connectivity index (χ1n) is 11.0. The van der Waals surface area contributed by atoms with Gasteiger partial charge in [-0.3, -0.25) is 9.69 Å². The topological polar surface area (TPSA) is 61.7 Å². The second kappa shape index (κ2) is 7.78. The molecule has 7 heteroatoms. The van der Waals surface area contributed by atoms with E-state index in [-0.39, 0.29) is 17.9 Å². The average Bonchev–Trinajstić information content (AvgIpc) is 3.53. The lowest BCUT2D eigenvalue weighted by molar-refractivity contribution is -0.127. The molecule has 3 aliphatic rings. The van der Waals surface area contributed by atoms with Gasteiger partial charge < -0.3 is 14.4 Å². The summed E-state index contributed by atoms with van der Waals surface area (Å²) in [5.74, 6) is 1.90. The van der Waals surface area contributed by atoms with Crippen molar-refractivity contribution in [1.29, 1.82) is 0 Å². The van der Waals surface area contributed by atoms with Crippen LogP contribution in [0.1, 0.15) is 48.9 Å². The number of likely N-dealkylation sites (tertiary alicyclic amines) is 2. The molecule has 1 aromatic heterocycles. The number of fused-ring (bicyclic) bond motifs is 1. The van der Waals surface area contributed by atoms with Crippen LogP contribution in [0, 0.1) is 0 Å². The lowest BCUT2D eigenvalue weighted by Gasteiger charge is -2.25. The second-order valence-electron chi connectivity index (χ2n) is 8.75. The molecular formula is C23H29N5O2. The van der Waals surface area contributed by atoms with E-state index in [9.17, 15) is 9.59 Å². The number of carbonyl (C=O) groups excluding carboxylic acids is 2. The zero-order valence-electron chi connectivity index (χ0n) is 17.5. The van der Waals surface area contributed by atoms with Crippen molar-refractivity contribution in [3.63, 3.8) is 0 Å². The number of urea groups is 1. The fourth-order valence-electron chi connectivity index (χ4n) is 5.26. The van der Waals surface area contributed by atoms with Crippen LogP contribution in [-0.4, -0.2) is 64.0 Å². The van der Waals surface area contributed by atoms with Crippen LogP contribution in [0.3, 0.4) is 0 Å². The molecule has 0 radical (unpaired) electrons. The Bertz CT molecular complexity index is 955. The Hall–Kier alpha value is -2.83. The minimum absolute atomic E-state index is 0.0962. The molecule has 2 saturated heterocycles. The Morgan fingerprint density at radius 1 is 1.20 bits per heavy atom. The molecule has 2 unspecified atom stereocenters. The number of nitrogens with zero attached hydrogens (tertiary/aromatic N) is 5. The standard InChI is InChI=1S/C23H29N5O2/c1-25-14-10-24-22(25)18-9-13-27(15-18)23(30)28-16-17(19-5-2-3-6-20(19)28)8-12-26-11-4-7-21(26)29/h2-3,5-6,10,14,17-18H,4,7-9,11-13,15-16H2,1H3. The number of para-hydroxylation sites is 1. The molecule has 4 heterocycles. The molecule has 0 saturated carbocycles. The molecule has 2 fully saturated rings. The van der Waals surface area contributed by atoms with Crippen molar-refractivity contribution in [3.8, 4) is 0 Å². The number of hydrogen-bond donors (Lipinski definition) is 0. The smallest absolute Gasteiger partial charge is 0.324 e. The summed E-state index contributed by atoms with van der Waals surface area (Å²) in [6.07, 6.45) is 7.29. The van der Waals surface area contributed by atoms with Crippen molar-refractivity contribution in [2.75, 3.05) is 37.6 Å². The van der Waals surface area contributed by atoms with Gasteiger partial charge >= 0.3 is 6.03 Å². The number of aromatic nitrogens is 2. The Balaban J connectivity index is 1.28. The van der Waals surface area contributed by atoms with Crippen molar-refractivity contribution in [2.45, 2.75) is 37.5 Å². The van der Waals surface area contributed by atoms with Crippen LogP contribution in [0.5, 0.6) is 0 Å². The predicted octanol–water partition coefficient (Wildman–Crippen LogP) is 2.95. The van der Waals surface area contributed by atoms with Crippen molar-refractivity contribution in [1.82, 2.24) is 19.4 Å². The molecular weight excluding hydrogens is 378 g/mol. The summed E-state index contributed by atoms with van der Waals surface area (Å²) in [5, 5.41) is 0. The van der Waals surface area contributed by atoms with Crippen LogP contribution in [0.2, 0.25) is 0 Å². The van der Waals surface area contributed by atoms with Gasteiger partial charge in [-0.2, -0.15) is 0 Å². The van der Waals surface area contributed by atoms with Gasteiger partial charge in [-0.05, 0) is 30.9 Å². The first-order chi connectivity index (χ1) is 14.6. The van der Waals surface area contributed by atoms with Gasteiger partial charge in [-0.25, -0.2) is 9.78 Å². The number of imidazole rings is 1. The van der Waals surface area contributed by atoms with E-state index in [1.54, 1.807) is 0 Å². The molecule has 158 valence electrons. The van der Waals surface area contributed by atoms with E-state index in [2.05, 4.69) is 21.7 Å². The molecule has 7 nitrogen and oxygen atoms in total. The number of anilines is 1. The third-order valence-electron chi connectivity index (χ3n) is 6.90. The Kier molecular flexibility index (Phi) is 4.97. The minimum atomic E-state index is 0.0962. The minimum Gasteiger partial charge on any atom is -0.343 e. The molecule has 0 bridgehead atoms. The Morgan fingerprint density at radius 2 is 2.07 bits per heavy atom. The van der Waals surface area contributed by atoms with Gasteiger partial charge in [0.1, 0.15) is 5.82 Å². The van der Waals surface area contributed by atoms with E-state index < -0.39 is 0 Å². The fraction of sp³-hybridized carbons (Fsp3) is 0.522. The van der Waals surface area contributed by atoms with E-state index in [0.29, 0.717) is 18.9 Å². The summed E-state index contributed by atoms with van der Waals surface area (Å²) in [6, 6.07) is 8.35. The normalized spacial score (nSPS) is 23.5. The fourth-order valence-corrected chi connectivity index (χ4v) is 5.26. The van der Waals surface area contributed by atoms with Crippen molar-refractivity contribution >= 4 is 17.6 Å². The van der Waals surface area contributed by atoms with E-state index in [4.69, 9.17) is 0 Å². The van der Waals surface area contributed by atoms with E-state index in [1.165, 1.54) is 5.56 Å². The summed E-state index contributed by atoms with van der Waals surface area (Å²) in [6.45, 7) is 3.84. The number of aryl methyl sites for hydroxylation is 1. The summed E-state index contributed by atoms with van der Waals surface area (Å²) >= 11 is 0. The monoisotopic (exact) mass is 407 g/mol. The zero-order chi connectivity index (χ0) is 20.7. The maximum atomic E-state index is 13.4. The molecule has 2 atom stereocenters. The Labute approximate surface area is 177 Å². The highest BCUT2D eigenvalue weighted by atomic mass is 16.2. The molecule has 1 aromatic carbocycles. The van der Waals surface area contributed by atoms with Crippen molar-refractivity contribution < 1.29 is 9.59 Å². The van der Waals surface area contributed by atoms with Crippen LogP contribution < -0.4 is 4.90 Å². The molecule has 30 heavy (non-hydrogen) atoms. The summed E-state index contributed by atoms with van der Waals surface area (Å²) in [5.41, 5.74) is 2.26. The largest absolute Gasteiger partial charge is 0.343 e. The van der Waals surface area contributed by atoms with Gasteiger partial charge in [-0.15, -0.1) is 0 Å². The Morgan fingerprint density at radius 3 is 2.83 bits per heavy atom.